The van der Waals surface area contributed by atoms with E-state index in [1.54, 1.807) is 11.3 Å². The first kappa shape index (κ1) is 22.5. The van der Waals surface area contributed by atoms with Gasteiger partial charge in [0.15, 0.2) is 0 Å². The minimum atomic E-state index is -0.499. The van der Waals surface area contributed by atoms with E-state index in [0.29, 0.717) is 13.1 Å². The highest BCUT2D eigenvalue weighted by molar-refractivity contribution is 7.09. The zero-order valence-electron chi connectivity index (χ0n) is 18.8. The van der Waals surface area contributed by atoms with E-state index in [4.69, 9.17) is 0 Å². The number of nitrogens with one attached hydrogen (secondary N) is 1. The van der Waals surface area contributed by atoms with E-state index in [1.807, 2.05) is 49.1 Å². The molecule has 1 aromatic heterocycles. The monoisotopic (exact) mass is 449 g/mol. The highest BCUT2D eigenvalue weighted by atomic mass is 32.1. The van der Waals surface area contributed by atoms with E-state index in [-0.39, 0.29) is 24.2 Å². The quantitative estimate of drug-likeness (QED) is 0.595. The Labute approximate surface area is 194 Å². The lowest BCUT2D eigenvalue weighted by Crippen LogP contribution is -2.56. The fraction of sp³-hybridized carbons (Fsp3) is 0.385. The molecule has 0 bridgehead atoms. The van der Waals surface area contributed by atoms with Crippen molar-refractivity contribution in [1.82, 2.24) is 15.1 Å². The van der Waals surface area contributed by atoms with Crippen LogP contribution < -0.4 is 5.32 Å². The number of thiophene rings is 1. The summed E-state index contributed by atoms with van der Waals surface area (Å²) >= 11 is 1.77. The third kappa shape index (κ3) is 5.37. The molecule has 0 radical (unpaired) electrons. The Bertz CT molecular complexity index is 1050. The molecule has 3 aromatic rings. The Kier molecular flexibility index (Phi) is 7.22. The molecular formula is C26H31N3O2S. The van der Waals surface area contributed by atoms with Crippen LogP contribution in [0.5, 0.6) is 0 Å². The summed E-state index contributed by atoms with van der Waals surface area (Å²) in [6.45, 7) is 8.05. The third-order valence-electron chi connectivity index (χ3n) is 6.12. The Hall–Kier alpha value is -2.70. The van der Waals surface area contributed by atoms with Gasteiger partial charge in [-0.05, 0) is 33.7 Å². The zero-order valence-corrected chi connectivity index (χ0v) is 19.6. The molecule has 1 N–H and O–H groups in total. The van der Waals surface area contributed by atoms with Gasteiger partial charge >= 0.3 is 0 Å². The van der Waals surface area contributed by atoms with Crippen LogP contribution in [0.1, 0.15) is 24.3 Å². The molecule has 5 nitrogen and oxygen atoms in total. The molecule has 1 fully saturated rings. The Morgan fingerprint density at radius 1 is 0.969 bits per heavy atom. The van der Waals surface area contributed by atoms with Gasteiger partial charge in [-0.2, -0.15) is 0 Å². The van der Waals surface area contributed by atoms with Gasteiger partial charge in [-0.15, -0.1) is 11.3 Å². The average Bonchev–Trinajstić information content (AvgIpc) is 3.31. The largest absolute Gasteiger partial charge is 0.344 e. The zero-order chi connectivity index (χ0) is 22.5. The number of rotatable bonds is 7. The molecule has 0 saturated carbocycles. The second kappa shape index (κ2) is 10.3. The van der Waals surface area contributed by atoms with Crippen LogP contribution in [0.3, 0.4) is 0 Å². The number of benzene rings is 2. The summed E-state index contributed by atoms with van der Waals surface area (Å²) in [5.41, 5.74) is 0.984. The summed E-state index contributed by atoms with van der Waals surface area (Å²) in [7, 11) is 0. The minimum absolute atomic E-state index is 0.0297. The maximum atomic E-state index is 13.3. The topological polar surface area (TPSA) is 52.7 Å². The van der Waals surface area contributed by atoms with E-state index in [2.05, 4.69) is 39.9 Å². The molecule has 2 heterocycles. The van der Waals surface area contributed by atoms with E-state index in [1.165, 1.54) is 4.88 Å². The summed E-state index contributed by atoms with van der Waals surface area (Å²) in [5, 5.41) is 7.34. The van der Waals surface area contributed by atoms with Gasteiger partial charge < -0.3 is 10.2 Å². The Balaban J connectivity index is 1.35. The van der Waals surface area contributed by atoms with Crippen LogP contribution in [-0.2, 0) is 22.6 Å². The summed E-state index contributed by atoms with van der Waals surface area (Å²) < 4.78 is 0. The van der Waals surface area contributed by atoms with Crippen molar-refractivity contribution < 1.29 is 9.59 Å². The van der Waals surface area contributed by atoms with Gasteiger partial charge in [0.05, 0.1) is 6.42 Å². The summed E-state index contributed by atoms with van der Waals surface area (Å²) in [4.78, 5) is 31.8. The molecule has 2 aromatic carbocycles. The van der Waals surface area contributed by atoms with E-state index < -0.39 is 6.04 Å². The van der Waals surface area contributed by atoms with E-state index in [9.17, 15) is 9.59 Å². The van der Waals surface area contributed by atoms with Crippen molar-refractivity contribution in [1.29, 1.82) is 0 Å². The lowest BCUT2D eigenvalue weighted by atomic mass is 9.99. The summed E-state index contributed by atoms with van der Waals surface area (Å²) in [5.74, 6) is -0.0464. The molecule has 32 heavy (non-hydrogen) atoms. The van der Waals surface area contributed by atoms with Crippen LogP contribution in [-0.4, -0.2) is 53.8 Å². The first-order chi connectivity index (χ1) is 15.5. The molecule has 4 rings (SSSR count). The van der Waals surface area contributed by atoms with Crippen molar-refractivity contribution in [3.63, 3.8) is 0 Å². The number of nitrogens with zero attached hydrogens (tertiary/aromatic N) is 2. The molecule has 1 saturated heterocycles. The van der Waals surface area contributed by atoms with Crippen LogP contribution >= 0.6 is 11.3 Å². The van der Waals surface area contributed by atoms with Gasteiger partial charge in [-0.3, -0.25) is 14.5 Å². The maximum Gasteiger partial charge on any atom is 0.245 e. The van der Waals surface area contributed by atoms with Crippen LogP contribution in [0, 0.1) is 5.92 Å². The van der Waals surface area contributed by atoms with Crippen molar-refractivity contribution in [3.8, 4) is 0 Å². The number of carbonyl (C=O) groups is 2. The molecule has 168 valence electrons. The minimum Gasteiger partial charge on any atom is -0.344 e. The fourth-order valence-corrected chi connectivity index (χ4v) is 5.05. The first-order valence-electron chi connectivity index (χ1n) is 11.3. The van der Waals surface area contributed by atoms with Gasteiger partial charge in [0.2, 0.25) is 11.8 Å². The number of amides is 2. The molecule has 6 heteroatoms. The van der Waals surface area contributed by atoms with Crippen LogP contribution in [0.4, 0.5) is 0 Å². The maximum absolute atomic E-state index is 13.3. The van der Waals surface area contributed by atoms with E-state index >= 15 is 0 Å². The summed E-state index contributed by atoms with van der Waals surface area (Å²) in [6.07, 6.45) is 0.270. The normalized spacial score (nSPS) is 15.8. The summed E-state index contributed by atoms with van der Waals surface area (Å²) in [6, 6.07) is 17.8. The van der Waals surface area contributed by atoms with Gasteiger partial charge in [-0.25, -0.2) is 0 Å². The van der Waals surface area contributed by atoms with Crippen molar-refractivity contribution in [3.05, 3.63) is 70.4 Å². The highest BCUT2D eigenvalue weighted by Crippen LogP contribution is 2.19. The van der Waals surface area contributed by atoms with Crippen molar-refractivity contribution in [2.45, 2.75) is 32.9 Å². The number of piperazine rings is 1. The van der Waals surface area contributed by atoms with Crippen molar-refractivity contribution in [2.75, 3.05) is 26.2 Å². The molecule has 0 unspecified atom stereocenters. The van der Waals surface area contributed by atoms with Crippen molar-refractivity contribution >= 4 is 33.9 Å². The number of hydrogen-bond donors (Lipinski definition) is 1. The lowest BCUT2D eigenvalue weighted by Gasteiger charge is -2.37. The number of fused-ring (bicyclic) bond motifs is 1. The number of carbonyl (C=O) groups excluding carboxylic acids is 2. The molecule has 1 aliphatic heterocycles. The van der Waals surface area contributed by atoms with E-state index in [0.717, 1.165) is 36.0 Å². The highest BCUT2D eigenvalue weighted by Gasteiger charge is 2.30. The average molecular weight is 450 g/mol. The standard InChI is InChI=1S/C26H31N3O2S/c1-19(2)25(26(31)29-14-12-28(13-15-29)18-22-10-6-16-32-22)27-24(30)17-21-9-5-8-20-7-3-4-11-23(20)21/h3-11,16,19,25H,12-15,17-18H2,1-2H3,(H,27,30)/t25-/m0/s1. The predicted molar refractivity (Wildman–Crippen MR) is 131 cm³/mol. The van der Waals surface area contributed by atoms with Crippen LogP contribution in [0.2, 0.25) is 0 Å². The SMILES string of the molecule is CC(C)[C@H](NC(=O)Cc1cccc2ccccc12)C(=O)N1CCN(Cc2cccs2)CC1. The Morgan fingerprint density at radius 2 is 1.72 bits per heavy atom. The van der Waals surface area contributed by atoms with Gasteiger partial charge in [0, 0.05) is 37.6 Å². The predicted octanol–water partition coefficient (Wildman–Crippen LogP) is 3.93. The fourth-order valence-electron chi connectivity index (χ4n) is 4.30. The molecule has 1 atom stereocenters. The van der Waals surface area contributed by atoms with Gasteiger partial charge in [0.25, 0.3) is 0 Å². The smallest absolute Gasteiger partial charge is 0.245 e. The van der Waals surface area contributed by atoms with Crippen LogP contribution in [0.15, 0.2) is 60.0 Å². The lowest BCUT2D eigenvalue weighted by molar-refractivity contribution is -0.139. The van der Waals surface area contributed by atoms with Crippen molar-refractivity contribution in [2.24, 2.45) is 5.92 Å². The first-order valence-corrected chi connectivity index (χ1v) is 12.2. The third-order valence-corrected chi connectivity index (χ3v) is 6.98. The number of hydrogen-bond acceptors (Lipinski definition) is 4. The molecule has 0 aliphatic carbocycles. The molecule has 0 spiro atoms. The van der Waals surface area contributed by atoms with Crippen LogP contribution in [0.25, 0.3) is 10.8 Å². The van der Waals surface area contributed by atoms with Gasteiger partial charge in [0.1, 0.15) is 6.04 Å². The second-order valence-corrected chi connectivity index (χ2v) is 9.82. The van der Waals surface area contributed by atoms with Gasteiger partial charge in [-0.1, -0.05) is 62.4 Å². The molecule has 2 amide bonds. The molecule has 1 aliphatic rings. The molecular weight excluding hydrogens is 418 g/mol. The second-order valence-electron chi connectivity index (χ2n) is 8.79. The Morgan fingerprint density at radius 3 is 2.44 bits per heavy atom.